The summed E-state index contributed by atoms with van der Waals surface area (Å²) < 4.78 is 0. The molecule has 0 saturated carbocycles. The van der Waals surface area contributed by atoms with Gasteiger partial charge in [0, 0.05) is 19.6 Å². The number of rotatable bonds is 7. The zero-order valence-corrected chi connectivity index (χ0v) is 12.2. The average Bonchev–Trinajstić information content (AvgIpc) is 2.35. The Hall–Kier alpha value is -0.710. The second kappa shape index (κ2) is 7.67. The van der Waals surface area contributed by atoms with Gasteiger partial charge in [0.15, 0.2) is 0 Å². The maximum atomic E-state index is 9.03. The van der Waals surface area contributed by atoms with Gasteiger partial charge in [-0.15, -0.1) is 0 Å². The van der Waals surface area contributed by atoms with E-state index in [0.717, 1.165) is 19.5 Å². The van der Waals surface area contributed by atoms with Crippen molar-refractivity contribution in [2.24, 2.45) is 0 Å². The normalized spacial score (nSPS) is 10.5. The molecule has 102 valence electrons. The number of anilines is 2. The maximum absolute atomic E-state index is 9.03. The van der Waals surface area contributed by atoms with Crippen LogP contribution in [0.25, 0.3) is 0 Å². The summed E-state index contributed by atoms with van der Waals surface area (Å²) in [5, 5.41) is 13.2. The molecule has 6 heteroatoms. The van der Waals surface area contributed by atoms with Crippen molar-refractivity contribution in [2.45, 2.75) is 20.3 Å². The van der Waals surface area contributed by atoms with Gasteiger partial charge in [-0.1, -0.05) is 30.1 Å². The van der Waals surface area contributed by atoms with Crippen molar-refractivity contribution in [1.29, 1.82) is 0 Å². The maximum Gasteiger partial charge on any atom is 0.150 e. The van der Waals surface area contributed by atoms with Gasteiger partial charge >= 0.3 is 0 Å². The topological polar surface area (TPSA) is 48.4 Å². The number of halogens is 2. The second-order valence-corrected chi connectivity index (χ2v) is 4.67. The van der Waals surface area contributed by atoms with E-state index in [1.165, 1.54) is 0 Å². The van der Waals surface area contributed by atoms with E-state index in [4.69, 9.17) is 28.3 Å². The lowest BCUT2D eigenvalue weighted by molar-refractivity contribution is 0.302. The first-order valence-corrected chi connectivity index (χ1v) is 6.85. The summed E-state index contributed by atoms with van der Waals surface area (Å²) in [6.07, 6.45) is 0.990. The van der Waals surface area contributed by atoms with Crippen LogP contribution in [-0.2, 0) is 0 Å². The minimum absolute atomic E-state index is 0.0617. The van der Waals surface area contributed by atoms with Crippen LogP contribution in [0.3, 0.4) is 0 Å². The van der Waals surface area contributed by atoms with Crippen molar-refractivity contribution in [3.63, 3.8) is 0 Å². The molecule has 0 spiro atoms. The molecular formula is C12H19Cl2N3O. The summed E-state index contributed by atoms with van der Waals surface area (Å²) >= 11 is 12.2. The number of aromatic nitrogens is 1. The van der Waals surface area contributed by atoms with Crippen LogP contribution in [0.5, 0.6) is 0 Å². The lowest BCUT2D eigenvalue weighted by atomic mass is 10.3. The van der Waals surface area contributed by atoms with Gasteiger partial charge in [0.2, 0.25) is 0 Å². The lowest BCUT2D eigenvalue weighted by Crippen LogP contribution is -2.27. The Bertz CT molecular complexity index is 388. The average molecular weight is 292 g/mol. The summed E-state index contributed by atoms with van der Waals surface area (Å²) in [7, 11) is 0. The second-order valence-electron chi connectivity index (χ2n) is 3.85. The van der Waals surface area contributed by atoms with E-state index in [1.54, 1.807) is 6.07 Å². The smallest absolute Gasteiger partial charge is 0.150 e. The molecule has 1 aromatic rings. The summed E-state index contributed by atoms with van der Waals surface area (Å²) in [6, 6.07) is 1.68. The number of hydrogen-bond donors (Lipinski definition) is 2. The number of nitrogens with one attached hydrogen (secondary N) is 1. The summed E-state index contributed by atoms with van der Waals surface area (Å²) in [5.41, 5.74) is 0. The van der Waals surface area contributed by atoms with Gasteiger partial charge in [-0.2, -0.15) is 0 Å². The van der Waals surface area contributed by atoms with E-state index in [1.807, 2.05) is 11.8 Å². The molecule has 0 saturated heterocycles. The molecule has 18 heavy (non-hydrogen) atoms. The predicted molar refractivity (Wildman–Crippen MR) is 78.0 cm³/mol. The van der Waals surface area contributed by atoms with Crippen molar-refractivity contribution >= 4 is 34.8 Å². The van der Waals surface area contributed by atoms with Crippen LogP contribution in [0, 0.1) is 0 Å². The molecule has 0 aliphatic heterocycles. The Labute approximate surface area is 118 Å². The predicted octanol–water partition coefficient (Wildman–Crippen LogP) is 3.03. The van der Waals surface area contributed by atoms with Crippen LogP contribution < -0.4 is 10.2 Å². The van der Waals surface area contributed by atoms with Crippen LogP contribution >= 0.6 is 23.2 Å². The van der Waals surface area contributed by atoms with Crippen LogP contribution in [0.2, 0.25) is 10.0 Å². The molecule has 0 fully saturated rings. The molecule has 2 N–H and O–H groups in total. The molecule has 1 rings (SSSR count). The first-order chi connectivity index (χ1) is 8.63. The van der Waals surface area contributed by atoms with Gasteiger partial charge < -0.3 is 15.3 Å². The Kier molecular flexibility index (Phi) is 6.54. The van der Waals surface area contributed by atoms with Crippen molar-refractivity contribution in [2.75, 3.05) is 36.5 Å². The molecule has 0 radical (unpaired) electrons. The first-order valence-electron chi connectivity index (χ1n) is 6.09. The molecule has 0 aliphatic carbocycles. The standard InChI is InChI=1S/C12H19Cl2N3O/c1-3-5-15-11-9(13)8-10(14)12(16-11)17(4-2)6-7-18/h8,18H,3-7H2,1-2H3,(H,15,16). The van der Waals surface area contributed by atoms with Crippen molar-refractivity contribution in [3.05, 3.63) is 16.1 Å². The molecule has 0 unspecified atom stereocenters. The van der Waals surface area contributed by atoms with Gasteiger partial charge in [0.25, 0.3) is 0 Å². The van der Waals surface area contributed by atoms with Gasteiger partial charge in [0.05, 0.1) is 16.7 Å². The van der Waals surface area contributed by atoms with Crippen molar-refractivity contribution in [1.82, 2.24) is 4.98 Å². The van der Waals surface area contributed by atoms with E-state index >= 15 is 0 Å². The number of aliphatic hydroxyl groups is 1. The van der Waals surface area contributed by atoms with E-state index in [-0.39, 0.29) is 6.61 Å². The Morgan fingerprint density at radius 1 is 1.33 bits per heavy atom. The molecule has 0 amide bonds. The van der Waals surface area contributed by atoms with Crippen LogP contribution in [0.15, 0.2) is 6.07 Å². The van der Waals surface area contributed by atoms with Crippen LogP contribution in [0.4, 0.5) is 11.6 Å². The molecular weight excluding hydrogens is 273 g/mol. The number of nitrogens with zero attached hydrogens (tertiary/aromatic N) is 2. The summed E-state index contributed by atoms with van der Waals surface area (Å²) in [4.78, 5) is 6.35. The molecule has 0 aliphatic rings. The zero-order chi connectivity index (χ0) is 13.5. The highest BCUT2D eigenvalue weighted by atomic mass is 35.5. The Morgan fingerprint density at radius 3 is 2.61 bits per heavy atom. The third-order valence-electron chi connectivity index (χ3n) is 2.50. The molecule has 0 atom stereocenters. The van der Waals surface area contributed by atoms with Gasteiger partial charge in [-0.05, 0) is 19.4 Å². The fraction of sp³-hybridized carbons (Fsp3) is 0.583. The molecule has 0 aromatic carbocycles. The summed E-state index contributed by atoms with van der Waals surface area (Å²) in [5.74, 6) is 1.28. The Morgan fingerprint density at radius 2 is 2.06 bits per heavy atom. The van der Waals surface area contributed by atoms with Gasteiger partial charge in [0.1, 0.15) is 11.6 Å². The van der Waals surface area contributed by atoms with Crippen molar-refractivity contribution < 1.29 is 5.11 Å². The molecule has 4 nitrogen and oxygen atoms in total. The quantitative estimate of drug-likeness (QED) is 0.811. The number of aliphatic hydroxyl groups excluding tert-OH is 1. The molecule has 1 heterocycles. The highest BCUT2D eigenvalue weighted by molar-refractivity contribution is 6.37. The number of likely N-dealkylation sites (N-methyl/N-ethyl adjacent to an activating group) is 1. The Balaban J connectivity index is 3.02. The number of hydrogen-bond acceptors (Lipinski definition) is 4. The van der Waals surface area contributed by atoms with Crippen molar-refractivity contribution in [3.8, 4) is 0 Å². The van der Waals surface area contributed by atoms with E-state index in [2.05, 4.69) is 17.2 Å². The van der Waals surface area contributed by atoms with Gasteiger partial charge in [-0.25, -0.2) is 4.98 Å². The minimum atomic E-state index is 0.0617. The fourth-order valence-electron chi connectivity index (χ4n) is 1.58. The third-order valence-corrected chi connectivity index (χ3v) is 3.07. The molecule has 0 bridgehead atoms. The van der Waals surface area contributed by atoms with E-state index < -0.39 is 0 Å². The SMILES string of the molecule is CCCNc1nc(N(CC)CCO)c(Cl)cc1Cl. The van der Waals surface area contributed by atoms with E-state index in [9.17, 15) is 0 Å². The highest BCUT2D eigenvalue weighted by Crippen LogP contribution is 2.31. The zero-order valence-electron chi connectivity index (χ0n) is 10.7. The lowest BCUT2D eigenvalue weighted by Gasteiger charge is -2.23. The van der Waals surface area contributed by atoms with E-state index in [0.29, 0.717) is 28.2 Å². The first kappa shape index (κ1) is 15.3. The minimum Gasteiger partial charge on any atom is -0.395 e. The molecule has 1 aromatic heterocycles. The fourth-order valence-corrected chi connectivity index (χ4v) is 2.13. The third kappa shape index (κ3) is 3.90. The largest absolute Gasteiger partial charge is 0.395 e. The summed E-state index contributed by atoms with van der Waals surface area (Å²) in [6.45, 7) is 6.15. The van der Waals surface area contributed by atoms with Gasteiger partial charge in [-0.3, -0.25) is 0 Å². The number of pyridine rings is 1. The van der Waals surface area contributed by atoms with Crippen LogP contribution in [0.1, 0.15) is 20.3 Å². The monoisotopic (exact) mass is 291 g/mol. The van der Waals surface area contributed by atoms with Crippen LogP contribution in [-0.4, -0.2) is 36.3 Å². The highest BCUT2D eigenvalue weighted by Gasteiger charge is 2.14.